The molecule has 2 amide bonds. The molecule has 1 unspecified atom stereocenters. The number of carbonyl (C=O) groups is 2. The van der Waals surface area contributed by atoms with E-state index in [-0.39, 0.29) is 17.6 Å². The van der Waals surface area contributed by atoms with Crippen molar-refractivity contribution in [3.05, 3.63) is 94.5 Å². The number of hydrogen-bond acceptors (Lipinski definition) is 4. The number of amides is 2. The summed E-state index contributed by atoms with van der Waals surface area (Å²) in [6, 6.07) is 17.2. The van der Waals surface area contributed by atoms with Gasteiger partial charge in [-0.3, -0.25) is 9.59 Å². The van der Waals surface area contributed by atoms with Gasteiger partial charge in [-0.15, -0.1) is 0 Å². The molecule has 1 aliphatic heterocycles. The van der Waals surface area contributed by atoms with Crippen molar-refractivity contribution in [3.63, 3.8) is 0 Å². The average Bonchev–Trinajstić information content (AvgIpc) is 3.28. The third kappa shape index (κ3) is 4.39. The third-order valence-electron chi connectivity index (χ3n) is 4.69. The van der Waals surface area contributed by atoms with Crippen LogP contribution in [0.5, 0.6) is 5.75 Å². The van der Waals surface area contributed by atoms with Crippen molar-refractivity contribution >= 4 is 29.5 Å². The van der Waals surface area contributed by atoms with Crippen LogP contribution < -0.4 is 15.4 Å². The van der Waals surface area contributed by atoms with Crippen LogP contribution >= 0.6 is 11.6 Å². The molecule has 0 spiro atoms. The first-order valence-corrected chi connectivity index (χ1v) is 9.83. The number of benzene rings is 2. The van der Waals surface area contributed by atoms with Crippen LogP contribution in [-0.2, 0) is 4.79 Å². The van der Waals surface area contributed by atoms with E-state index in [1.54, 1.807) is 42.5 Å². The summed E-state index contributed by atoms with van der Waals surface area (Å²) < 4.78 is 11.0. The van der Waals surface area contributed by atoms with Gasteiger partial charge < -0.3 is 19.8 Å². The van der Waals surface area contributed by atoms with Crippen molar-refractivity contribution in [2.24, 2.45) is 0 Å². The maximum absolute atomic E-state index is 13.1. The highest BCUT2D eigenvalue weighted by Gasteiger charge is 2.26. The predicted octanol–water partition coefficient (Wildman–Crippen LogP) is 4.34. The maximum atomic E-state index is 13.1. The molecule has 0 saturated carbocycles. The van der Waals surface area contributed by atoms with E-state index in [4.69, 9.17) is 20.8 Å². The molecule has 2 aromatic carbocycles. The molecule has 152 valence electrons. The van der Waals surface area contributed by atoms with Crippen LogP contribution in [0, 0.1) is 0 Å². The number of halogens is 1. The summed E-state index contributed by atoms with van der Waals surface area (Å²) in [5.41, 5.74) is 1.32. The molecular formula is C23H19ClN2O4. The largest absolute Gasteiger partial charge is 0.492 e. The summed E-state index contributed by atoms with van der Waals surface area (Å²) in [7, 11) is 0. The van der Waals surface area contributed by atoms with Gasteiger partial charge in [0.2, 0.25) is 0 Å². The summed E-state index contributed by atoms with van der Waals surface area (Å²) in [4.78, 5) is 25.7. The number of furan rings is 1. The lowest BCUT2D eigenvalue weighted by Crippen LogP contribution is -2.38. The highest BCUT2D eigenvalue weighted by molar-refractivity contribution is 6.32. The van der Waals surface area contributed by atoms with Crippen LogP contribution in [0.3, 0.4) is 0 Å². The number of rotatable bonds is 5. The molecule has 0 bridgehead atoms. The molecule has 0 fully saturated rings. The zero-order valence-corrected chi connectivity index (χ0v) is 16.7. The van der Waals surface area contributed by atoms with E-state index in [2.05, 4.69) is 10.6 Å². The van der Waals surface area contributed by atoms with Gasteiger partial charge in [0.25, 0.3) is 11.8 Å². The molecule has 0 aliphatic carbocycles. The van der Waals surface area contributed by atoms with Crippen LogP contribution in [-0.4, -0.2) is 18.4 Å². The highest BCUT2D eigenvalue weighted by atomic mass is 35.5. The molecule has 0 radical (unpaired) electrons. The number of nitrogens with one attached hydrogen (secondary N) is 2. The van der Waals surface area contributed by atoms with E-state index >= 15 is 0 Å². The van der Waals surface area contributed by atoms with Crippen LogP contribution in [0.25, 0.3) is 6.08 Å². The Hall–Kier alpha value is -3.51. The minimum absolute atomic E-state index is 0.0777. The number of fused-ring (bicyclic) bond motifs is 1. The van der Waals surface area contributed by atoms with Crippen molar-refractivity contribution in [1.82, 2.24) is 10.6 Å². The van der Waals surface area contributed by atoms with Crippen LogP contribution in [0.4, 0.5) is 0 Å². The summed E-state index contributed by atoms with van der Waals surface area (Å²) in [6.45, 7) is 0.426. The minimum Gasteiger partial charge on any atom is -0.492 e. The molecule has 3 aromatic rings. The SMILES string of the molecule is O=C(NC1CCOc2c(Cl)cccc21)/C(=C/c1ccco1)NC(=O)c1ccccc1. The summed E-state index contributed by atoms with van der Waals surface area (Å²) >= 11 is 6.22. The van der Waals surface area contributed by atoms with Crippen LogP contribution in [0.2, 0.25) is 5.02 Å². The lowest BCUT2D eigenvalue weighted by Gasteiger charge is -2.27. The predicted molar refractivity (Wildman–Crippen MR) is 113 cm³/mol. The molecule has 2 heterocycles. The fourth-order valence-corrected chi connectivity index (χ4v) is 3.47. The molecule has 1 atom stereocenters. The highest BCUT2D eigenvalue weighted by Crippen LogP contribution is 2.37. The maximum Gasteiger partial charge on any atom is 0.268 e. The van der Waals surface area contributed by atoms with Gasteiger partial charge in [0, 0.05) is 23.6 Å². The summed E-state index contributed by atoms with van der Waals surface area (Å²) in [6.07, 6.45) is 3.57. The van der Waals surface area contributed by atoms with Crippen molar-refractivity contribution in [2.75, 3.05) is 6.61 Å². The second-order valence-electron chi connectivity index (χ2n) is 6.71. The molecule has 2 N–H and O–H groups in total. The fraction of sp³-hybridized carbons (Fsp3) is 0.130. The molecule has 6 nitrogen and oxygen atoms in total. The zero-order valence-electron chi connectivity index (χ0n) is 15.9. The molecular weight excluding hydrogens is 404 g/mol. The Balaban J connectivity index is 1.58. The Kier molecular flexibility index (Phi) is 5.86. The quantitative estimate of drug-likeness (QED) is 0.599. The standard InChI is InChI=1S/C23H19ClN2O4/c24-18-10-4-9-17-19(11-13-30-21(17)18)25-23(28)20(14-16-8-5-12-29-16)26-22(27)15-6-2-1-3-7-15/h1-10,12,14,19H,11,13H2,(H,25,28)(H,26,27)/b20-14-. The van der Waals surface area contributed by atoms with Crippen molar-refractivity contribution < 1.29 is 18.7 Å². The van der Waals surface area contributed by atoms with Gasteiger partial charge in [-0.25, -0.2) is 0 Å². The first-order valence-electron chi connectivity index (χ1n) is 9.45. The van der Waals surface area contributed by atoms with E-state index in [9.17, 15) is 9.59 Å². The monoisotopic (exact) mass is 422 g/mol. The van der Waals surface area contributed by atoms with Gasteiger partial charge in [-0.05, 0) is 30.3 Å². The lowest BCUT2D eigenvalue weighted by atomic mass is 10.0. The van der Waals surface area contributed by atoms with Crippen molar-refractivity contribution in [3.8, 4) is 5.75 Å². The van der Waals surface area contributed by atoms with Gasteiger partial charge in [0.1, 0.15) is 17.2 Å². The number of ether oxygens (including phenoxy) is 1. The smallest absolute Gasteiger partial charge is 0.268 e. The van der Waals surface area contributed by atoms with Gasteiger partial charge in [-0.1, -0.05) is 41.9 Å². The minimum atomic E-state index is -0.437. The molecule has 4 rings (SSSR count). The normalized spacial score (nSPS) is 15.6. The summed E-state index contributed by atoms with van der Waals surface area (Å²) in [5, 5.41) is 6.15. The fourth-order valence-electron chi connectivity index (χ4n) is 3.23. The van der Waals surface area contributed by atoms with E-state index in [0.717, 1.165) is 5.56 Å². The van der Waals surface area contributed by atoms with E-state index in [1.165, 1.54) is 12.3 Å². The molecule has 1 aromatic heterocycles. The Bertz CT molecular complexity index is 1080. The van der Waals surface area contributed by atoms with Crippen LogP contribution in [0.15, 0.2) is 77.0 Å². The molecule has 7 heteroatoms. The van der Waals surface area contributed by atoms with E-state index in [1.807, 2.05) is 18.2 Å². The number of hydrogen-bond donors (Lipinski definition) is 2. The van der Waals surface area contributed by atoms with Crippen LogP contribution in [0.1, 0.15) is 34.1 Å². The van der Waals surface area contributed by atoms with E-state index < -0.39 is 5.91 Å². The second kappa shape index (κ2) is 8.88. The van der Waals surface area contributed by atoms with Gasteiger partial charge in [0.15, 0.2) is 0 Å². The summed E-state index contributed by atoms with van der Waals surface area (Å²) in [5.74, 6) is 0.192. The second-order valence-corrected chi connectivity index (χ2v) is 7.12. The zero-order chi connectivity index (χ0) is 20.9. The topological polar surface area (TPSA) is 80.6 Å². The Morgan fingerprint density at radius 3 is 2.63 bits per heavy atom. The first-order chi connectivity index (χ1) is 14.6. The van der Waals surface area contributed by atoms with E-state index in [0.29, 0.717) is 35.1 Å². The lowest BCUT2D eigenvalue weighted by molar-refractivity contribution is -0.118. The van der Waals surface area contributed by atoms with Crippen molar-refractivity contribution in [1.29, 1.82) is 0 Å². The number of para-hydroxylation sites is 1. The number of carbonyl (C=O) groups excluding carboxylic acids is 2. The van der Waals surface area contributed by atoms with Gasteiger partial charge in [0.05, 0.1) is 23.9 Å². The van der Waals surface area contributed by atoms with Crippen molar-refractivity contribution in [2.45, 2.75) is 12.5 Å². The molecule has 30 heavy (non-hydrogen) atoms. The molecule has 1 aliphatic rings. The van der Waals surface area contributed by atoms with Gasteiger partial charge >= 0.3 is 0 Å². The Morgan fingerprint density at radius 2 is 1.87 bits per heavy atom. The first kappa shape index (κ1) is 19.8. The third-order valence-corrected chi connectivity index (χ3v) is 4.99. The molecule has 0 saturated heterocycles. The van der Waals surface area contributed by atoms with Gasteiger partial charge in [-0.2, -0.15) is 0 Å². The Labute approximate surface area is 178 Å². The Morgan fingerprint density at radius 1 is 1.03 bits per heavy atom. The average molecular weight is 423 g/mol.